The number of rotatable bonds is 70. The molecule has 0 aliphatic rings. The normalized spacial score (nSPS) is 12.8. The number of carbonyl (C=O) groups is 2. The molecule has 0 spiro atoms. The second-order valence-corrected chi connectivity index (χ2v) is 25.6. The lowest BCUT2D eigenvalue weighted by molar-refractivity contribution is -0.143. The van der Waals surface area contributed by atoms with E-state index in [-0.39, 0.29) is 18.5 Å². The standard InChI is InChI=1S/C77H145NO5/c1-3-5-7-9-11-13-15-17-19-21-22-34-38-41-45-49-53-57-61-65-69-75(80)74(73-79)78-76(81)70-66-62-58-54-50-46-42-39-35-32-30-28-26-24-23-25-27-29-31-33-36-40-44-48-52-56-60-64-68-72-83-77(82)71-67-63-59-55-51-47-43-37-20-18-16-14-12-10-8-6-4-2/h12,14,18,20,23,25,29,31,74-75,79-80H,3-11,13,15-17,19,21-22,24,26-28,30,32-73H2,1-2H3,(H,78,81)/b14-12-,20-18-,25-23-,31-29-. The van der Waals surface area contributed by atoms with Gasteiger partial charge < -0.3 is 20.3 Å². The van der Waals surface area contributed by atoms with Crippen molar-refractivity contribution in [3.63, 3.8) is 0 Å². The van der Waals surface area contributed by atoms with Gasteiger partial charge >= 0.3 is 5.97 Å². The molecular formula is C77H145NO5. The molecule has 0 saturated heterocycles. The van der Waals surface area contributed by atoms with Crippen molar-refractivity contribution >= 4 is 11.9 Å². The van der Waals surface area contributed by atoms with Crippen LogP contribution in [0.25, 0.3) is 0 Å². The predicted molar refractivity (Wildman–Crippen MR) is 366 cm³/mol. The summed E-state index contributed by atoms with van der Waals surface area (Å²) in [5, 5.41) is 23.4. The lowest BCUT2D eigenvalue weighted by Gasteiger charge is -2.22. The average Bonchev–Trinajstić information content (AvgIpc) is 3.48. The minimum atomic E-state index is -0.667. The van der Waals surface area contributed by atoms with Crippen molar-refractivity contribution in [3.05, 3.63) is 48.6 Å². The van der Waals surface area contributed by atoms with Crippen molar-refractivity contribution in [3.8, 4) is 0 Å². The highest BCUT2D eigenvalue weighted by Crippen LogP contribution is 2.19. The summed E-state index contributed by atoms with van der Waals surface area (Å²) in [5.74, 6) is -0.0276. The molecule has 83 heavy (non-hydrogen) atoms. The lowest BCUT2D eigenvalue weighted by Crippen LogP contribution is -2.45. The molecule has 6 heteroatoms. The van der Waals surface area contributed by atoms with E-state index in [9.17, 15) is 19.8 Å². The van der Waals surface area contributed by atoms with Gasteiger partial charge in [-0.05, 0) is 89.9 Å². The van der Waals surface area contributed by atoms with Crippen molar-refractivity contribution < 1.29 is 24.5 Å². The summed E-state index contributed by atoms with van der Waals surface area (Å²) in [6.07, 6.45) is 94.6. The molecule has 0 rings (SSSR count). The molecule has 488 valence electrons. The van der Waals surface area contributed by atoms with Crippen molar-refractivity contribution in [2.45, 2.75) is 418 Å². The summed E-state index contributed by atoms with van der Waals surface area (Å²) in [5.41, 5.74) is 0. The summed E-state index contributed by atoms with van der Waals surface area (Å²) in [7, 11) is 0. The predicted octanol–water partition coefficient (Wildman–Crippen LogP) is 24.4. The van der Waals surface area contributed by atoms with Crippen molar-refractivity contribution in [2.24, 2.45) is 0 Å². The number of aliphatic hydroxyl groups is 2. The van der Waals surface area contributed by atoms with Gasteiger partial charge in [0, 0.05) is 12.8 Å². The molecule has 6 nitrogen and oxygen atoms in total. The second kappa shape index (κ2) is 72.3. The van der Waals surface area contributed by atoms with E-state index >= 15 is 0 Å². The molecule has 0 fully saturated rings. The Labute approximate surface area is 518 Å². The fourth-order valence-electron chi connectivity index (χ4n) is 11.6. The van der Waals surface area contributed by atoms with Gasteiger partial charge in [0.1, 0.15) is 0 Å². The number of ether oxygens (including phenoxy) is 1. The third kappa shape index (κ3) is 68.8. The van der Waals surface area contributed by atoms with E-state index in [2.05, 4.69) is 67.8 Å². The number of hydrogen-bond donors (Lipinski definition) is 3. The first-order valence-electron chi connectivity index (χ1n) is 37.4. The first kappa shape index (κ1) is 80.8. The van der Waals surface area contributed by atoms with Crippen LogP contribution in [0.4, 0.5) is 0 Å². The highest BCUT2D eigenvalue weighted by atomic mass is 16.5. The minimum Gasteiger partial charge on any atom is -0.466 e. The van der Waals surface area contributed by atoms with Crippen LogP contribution >= 0.6 is 0 Å². The van der Waals surface area contributed by atoms with Crippen LogP contribution in [0.1, 0.15) is 406 Å². The Morgan fingerprint density at radius 2 is 0.602 bits per heavy atom. The fraction of sp³-hybridized carbons (Fsp3) is 0.870. The van der Waals surface area contributed by atoms with Crippen LogP contribution in [0.5, 0.6) is 0 Å². The maximum Gasteiger partial charge on any atom is 0.305 e. The smallest absolute Gasteiger partial charge is 0.305 e. The number of hydrogen-bond acceptors (Lipinski definition) is 5. The minimum absolute atomic E-state index is 0.00462. The Morgan fingerprint density at radius 1 is 0.337 bits per heavy atom. The Hall–Kier alpha value is -2.18. The fourth-order valence-corrected chi connectivity index (χ4v) is 11.6. The number of aliphatic hydroxyl groups excluding tert-OH is 2. The van der Waals surface area contributed by atoms with E-state index in [0.29, 0.717) is 25.9 Å². The molecule has 2 unspecified atom stereocenters. The van der Waals surface area contributed by atoms with Gasteiger partial charge in [-0.3, -0.25) is 9.59 Å². The number of esters is 1. The van der Waals surface area contributed by atoms with Gasteiger partial charge in [-0.2, -0.15) is 0 Å². The van der Waals surface area contributed by atoms with Gasteiger partial charge in [-0.25, -0.2) is 0 Å². The molecule has 0 bridgehead atoms. The van der Waals surface area contributed by atoms with E-state index < -0.39 is 12.1 Å². The van der Waals surface area contributed by atoms with Gasteiger partial charge in [-0.15, -0.1) is 0 Å². The Morgan fingerprint density at radius 3 is 0.940 bits per heavy atom. The number of allylic oxidation sites excluding steroid dienone is 8. The van der Waals surface area contributed by atoms with E-state index in [1.807, 2.05) is 0 Å². The molecule has 0 heterocycles. The summed E-state index contributed by atoms with van der Waals surface area (Å²) >= 11 is 0. The summed E-state index contributed by atoms with van der Waals surface area (Å²) in [6.45, 7) is 4.96. The zero-order valence-electron chi connectivity index (χ0n) is 55.9. The van der Waals surface area contributed by atoms with Gasteiger partial charge in [0.25, 0.3) is 0 Å². The first-order valence-corrected chi connectivity index (χ1v) is 37.4. The van der Waals surface area contributed by atoms with E-state index in [0.717, 1.165) is 57.8 Å². The van der Waals surface area contributed by atoms with Gasteiger partial charge in [-0.1, -0.05) is 351 Å². The van der Waals surface area contributed by atoms with Crippen molar-refractivity contribution in [1.82, 2.24) is 5.32 Å². The average molecular weight is 1170 g/mol. The highest BCUT2D eigenvalue weighted by Gasteiger charge is 2.20. The largest absolute Gasteiger partial charge is 0.466 e. The SMILES string of the molecule is CCCCC/C=C\C/C=C\CCCCCCCCCC(=O)OCCCCCCCCCCC/C=C\C/C=C\CCCCCCCCCCCCCCCC(=O)NC(CO)C(O)CCCCCCCCCCCCCCCCCCCCCC. The molecule has 0 aromatic carbocycles. The van der Waals surface area contributed by atoms with Crippen LogP contribution in [0.3, 0.4) is 0 Å². The maximum absolute atomic E-state index is 12.5. The number of amides is 1. The van der Waals surface area contributed by atoms with E-state index in [1.165, 1.54) is 315 Å². The molecule has 0 aromatic rings. The molecule has 0 saturated carbocycles. The Bertz CT molecular complexity index is 1390. The van der Waals surface area contributed by atoms with Crippen molar-refractivity contribution in [1.29, 1.82) is 0 Å². The lowest BCUT2D eigenvalue weighted by atomic mass is 10.0. The number of carbonyl (C=O) groups excluding carboxylic acids is 2. The maximum atomic E-state index is 12.5. The van der Waals surface area contributed by atoms with Crippen LogP contribution < -0.4 is 5.32 Å². The number of unbranched alkanes of at least 4 members (excludes halogenated alkanes) is 51. The van der Waals surface area contributed by atoms with Crippen LogP contribution in [-0.2, 0) is 14.3 Å². The summed E-state index contributed by atoms with van der Waals surface area (Å²) in [6, 6.07) is -0.544. The highest BCUT2D eigenvalue weighted by molar-refractivity contribution is 5.76. The zero-order chi connectivity index (χ0) is 59.9. The quantitative estimate of drug-likeness (QED) is 0.0320. The molecule has 0 aliphatic carbocycles. The van der Waals surface area contributed by atoms with Crippen LogP contribution in [-0.4, -0.2) is 47.4 Å². The van der Waals surface area contributed by atoms with Gasteiger partial charge in [0.05, 0.1) is 25.4 Å². The number of nitrogens with one attached hydrogen (secondary N) is 1. The Kier molecular flexibility index (Phi) is 70.4. The van der Waals surface area contributed by atoms with Crippen LogP contribution in [0.15, 0.2) is 48.6 Å². The van der Waals surface area contributed by atoms with Gasteiger partial charge in [0.2, 0.25) is 5.91 Å². The van der Waals surface area contributed by atoms with E-state index in [1.54, 1.807) is 0 Å². The van der Waals surface area contributed by atoms with E-state index in [4.69, 9.17) is 4.74 Å². The van der Waals surface area contributed by atoms with Crippen LogP contribution in [0, 0.1) is 0 Å². The third-order valence-corrected chi connectivity index (χ3v) is 17.4. The zero-order valence-corrected chi connectivity index (χ0v) is 55.9. The summed E-state index contributed by atoms with van der Waals surface area (Å²) in [4.78, 5) is 24.6. The molecule has 2 atom stereocenters. The molecule has 0 aliphatic heterocycles. The monoisotopic (exact) mass is 1160 g/mol. The van der Waals surface area contributed by atoms with Crippen LogP contribution in [0.2, 0.25) is 0 Å². The Balaban J connectivity index is 3.41. The first-order chi connectivity index (χ1) is 41.0. The summed E-state index contributed by atoms with van der Waals surface area (Å²) < 4.78 is 5.50. The molecule has 0 radical (unpaired) electrons. The molecular weight excluding hydrogens is 1020 g/mol. The topological polar surface area (TPSA) is 95.9 Å². The third-order valence-electron chi connectivity index (χ3n) is 17.4. The second-order valence-electron chi connectivity index (χ2n) is 25.6. The van der Waals surface area contributed by atoms with Crippen molar-refractivity contribution in [2.75, 3.05) is 13.2 Å². The molecule has 3 N–H and O–H groups in total. The molecule has 1 amide bonds. The van der Waals surface area contributed by atoms with Gasteiger partial charge in [0.15, 0.2) is 0 Å². The molecule has 0 aromatic heterocycles.